The number of nitrogens with zero attached hydrogens (tertiary/aromatic N) is 2. The Morgan fingerprint density at radius 3 is 2.67 bits per heavy atom. The maximum Gasteiger partial charge on any atom is 0.348 e. The molecule has 0 N–H and O–H groups in total. The van der Waals surface area contributed by atoms with Gasteiger partial charge in [0.15, 0.2) is 0 Å². The summed E-state index contributed by atoms with van der Waals surface area (Å²) in [6.07, 6.45) is 1.68. The smallest absolute Gasteiger partial charge is 0.288 e. The van der Waals surface area contributed by atoms with E-state index in [1.54, 1.807) is 16.7 Å². The minimum Gasteiger partial charge on any atom is -0.288 e. The van der Waals surface area contributed by atoms with E-state index in [0.29, 0.717) is 17.3 Å². The van der Waals surface area contributed by atoms with Gasteiger partial charge in [-0.15, -0.1) is 6.58 Å². The van der Waals surface area contributed by atoms with Crippen molar-refractivity contribution in [3.8, 4) is 11.3 Å². The summed E-state index contributed by atoms with van der Waals surface area (Å²) in [6.45, 7) is 4.10. The fourth-order valence-electron chi connectivity index (χ4n) is 2.37. The highest BCUT2D eigenvalue weighted by atomic mass is 35.5. The van der Waals surface area contributed by atoms with Crippen LogP contribution in [0.2, 0.25) is 5.02 Å². The maximum atomic E-state index is 12.3. The molecule has 0 aliphatic heterocycles. The molecule has 0 fully saturated rings. The lowest BCUT2D eigenvalue weighted by Gasteiger charge is -2.11. The molecular formula is C17H13ClN2O. The summed E-state index contributed by atoms with van der Waals surface area (Å²) < 4.78 is 1.59. The number of hydrogen-bond donors (Lipinski definition) is 0. The third-order valence-corrected chi connectivity index (χ3v) is 3.54. The van der Waals surface area contributed by atoms with Crippen LogP contribution in [-0.2, 0) is 6.54 Å². The van der Waals surface area contributed by atoms with Crippen LogP contribution >= 0.6 is 11.6 Å². The van der Waals surface area contributed by atoms with Gasteiger partial charge in [-0.3, -0.25) is 4.57 Å². The first-order valence-electron chi connectivity index (χ1n) is 6.57. The largest absolute Gasteiger partial charge is 0.348 e. The highest BCUT2D eigenvalue weighted by Crippen LogP contribution is 2.27. The summed E-state index contributed by atoms with van der Waals surface area (Å²) in [6, 6.07) is 15.1. The minimum atomic E-state index is -0.288. The molecule has 0 aliphatic rings. The molecule has 21 heavy (non-hydrogen) atoms. The van der Waals surface area contributed by atoms with E-state index in [1.165, 1.54) is 0 Å². The number of fused-ring (bicyclic) bond motifs is 1. The molecule has 3 rings (SSSR count). The molecule has 0 saturated heterocycles. The van der Waals surface area contributed by atoms with Gasteiger partial charge in [0.05, 0.1) is 11.2 Å². The van der Waals surface area contributed by atoms with Crippen LogP contribution in [0.5, 0.6) is 0 Å². The van der Waals surface area contributed by atoms with Crippen molar-refractivity contribution in [2.45, 2.75) is 6.54 Å². The van der Waals surface area contributed by atoms with Crippen molar-refractivity contribution >= 4 is 22.5 Å². The molecule has 1 aromatic heterocycles. The molecule has 3 aromatic rings. The predicted octanol–water partition coefficient (Wildman–Crippen LogP) is 3.90. The summed E-state index contributed by atoms with van der Waals surface area (Å²) in [4.78, 5) is 16.5. The Morgan fingerprint density at radius 2 is 1.95 bits per heavy atom. The third-order valence-electron chi connectivity index (χ3n) is 3.30. The molecule has 3 nitrogen and oxygen atoms in total. The lowest BCUT2D eigenvalue weighted by atomic mass is 10.1. The Hall–Kier alpha value is -2.39. The quantitative estimate of drug-likeness (QED) is 0.687. The SMILES string of the molecule is C=CCn1c(=O)nc(-c2ccccc2)c2cc(Cl)ccc21. The topological polar surface area (TPSA) is 34.9 Å². The lowest BCUT2D eigenvalue weighted by Crippen LogP contribution is -2.23. The molecule has 0 radical (unpaired) electrons. The van der Waals surface area contributed by atoms with Gasteiger partial charge in [0.25, 0.3) is 0 Å². The number of halogens is 1. The molecule has 0 aliphatic carbocycles. The van der Waals surface area contributed by atoms with E-state index < -0.39 is 0 Å². The number of rotatable bonds is 3. The molecule has 0 unspecified atom stereocenters. The Labute approximate surface area is 127 Å². The van der Waals surface area contributed by atoms with Crippen molar-refractivity contribution in [1.29, 1.82) is 0 Å². The standard InChI is InChI=1S/C17H13ClN2O/c1-2-10-20-15-9-8-13(18)11-14(15)16(19-17(20)21)12-6-4-3-5-7-12/h2-9,11H,1,10H2. The molecule has 104 valence electrons. The van der Waals surface area contributed by atoms with Gasteiger partial charge in [-0.1, -0.05) is 48.0 Å². The average Bonchev–Trinajstić information content (AvgIpc) is 2.51. The predicted molar refractivity (Wildman–Crippen MR) is 86.6 cm³/mol. The number of hydrogen-bond acceptors (Lipinski definition) is 2. The zero-order valence-electron chi connectivity index (χ0n) is 11.3. The van der Waals surface area contributed by atoms with Crippen LogP contribution < -0.4 is 5.69 Å². The monoisotopic (exact) mass is 296 g/mol. The van der Waals surface area contributed by atoms with Gasteiger partial charge >= 0.3 is 5.69 Å². The first kappa shape index (κ1) is 13.6. The summed E-state index contributed by atoms with van der Waals surface area (Å²) in [5, 5.41) is 1.47. The van der Waals surface area contributed by atoms with Crippen molar-refractivity contribution in [1.82, 2.24) is 9.55 Å². The van der Waals surface area contributed by atoms with Crippen molar-refractivity contribution in [2.24, 2.45) is 0 Å². The van der Waals surface area contributed by atoms with Crippen LogP contribution in [0.3, 0.4) is 0 Å². The summed E-state index contributed by atoms with van der Waals surface area (Å²) in [7, 11) is 0. The van der Waals surface area contributed by atoms with Crippen molar-refractivity contribution < 1.29 is 0 Å². The Bertz CT molecular complexity index is 869. The third kappa shape index (κ3) is 2.48. The molecule has 0 spiro atoms. The van der Waals surface area contributed by atoms with Crippen LogP contribution in [0.15, 0.2) is 66.0 Å². The zero-order valence-corrected chi connectivity index (χ0v) is 12.0. The molecule has 0 bridgehead atoms. The average molecular weight is 297 g/mol. The number of benzene rings is 2. The minimum absolute atomic E-state index is 0.288. The maximum absolute atomic E-state index is 12.3. The molecule has 1 heterocycles. The van der Waals surface area contributed by atoms with Gasteiger partial charge < -0.3 is 0 Å². The van der Waals surface area contributed by atoms with Crippen LogP contribution in [0.1, 0.15) is 0 Å². The summed E-state index contributed by atoms with van der Waals surface area (Å²) in [5.74, 6) is 0. The van der Waals surface area contributed by atoms with E-state index in [0.717, 1.165) is 16.5 Å². The highest BCUT2D eigenvalue weighted by Gasteiger charge is 2.11. The van der Waals surface area contributed by atoms with E-state index in [-0.39, 0.29) is 5.69 Å². The van der Waals surface area contributed by atoms with Gasteiger partial charge in [0.1, 0.15) is 0 Å². The lowest BCUT2D eigenvalue weighted by molar-refractivity contribution is 0.783. The summed E-state index contributed by atoms with van der Waals surface area (Å²) in [5.41, 5.74) is 2.06. The van der Waals surface area contributed by atoms with Gasteiger partial charge in [-0.2, -0.15) is 4.98 Å². The van der Waals surface area contributed by atoms with Crippen molar-refractivity contribution in [2.75, 3.05) is 0 Å². The normalized spacial score (nSPS) is 10.7. The van der Waals surface area contributed by atoms with Crippen LogP contribution in [0.4, 0.5) is 0 Å². The molecular weight excluding hydrogens is 284 g/mol. The van der Waals surface area contributed by atoms with E-state index in [2.05, 4.69) is 11.6 Å². The fraction of sp³-hybridized carbons (Fsp3) is 0.0588. The van der Waals surface area contributed by atoms with Gasteiger partial charge in [-0.05, 0) is 18.2 Å². The zero-order chi connectivity index (χ0) is 14.8. The summed E-state index contributed by atoms with van der Waals surface area (Å²) >= 11 is 6.11. The first-order valence-corrected chi connectivity index (χ1v) is 6.95. The number of aromatic nitrogens is 2. The van der Waals surface area contributed by atoms with Crippen LogP contribution in [-0.4, -0.2) is 9.55 Å². The second-order valence-corrected chi connectivity index (χ2v) is 5.11. The van der Waals surface area contributed by atoms with Crippen molar-refractivity contribution in [3.05, 3.63) is 76.7 Å². The van der Waals surface area contributed by atoms with Crippen molar-refractivity contribution in [3.63, 3.8) is 0 Å². The number of allylic oxidation sites excluding steroid dienone is 1. The Morgan fingerprint density at radius 1 is 1.19 bits per heavy atom. The molecule has 2 aromatic carbocycles. The Balaban J connectivity index is 2.41. The van der Waals surface area contributed by atoms with E-state index in [1.807, 2.05) is 42.5 Å². The van der Waals surface area contributed by atoms with Crippen LogP contribution in [0.25, 0.3) is 22.2 Å². The fourth-order valence-corrected chi connectivity index (χ4v) is 2.55. The second-order valence-electron chi connectivity index (χ2n) is 4.67. The second kappa shape index (κ2) is 5.54. The first-order chi connectivity index (χ1) is 10.2. The van der Waals surface area contributed by atoms with Gasteiger partial charge in [-0.25, -0.2) is 4.79 Å². The van der Waals surface area contributed by atoms with E-state index in [9.17, 15) is 4.79 Å². The van der Waals surface area contributed by atoms with Gasteiger partial charge in [0.2, 0.25) is 0 Å². The van der Waals surface area contributed by atoms with Gasteiger partial charge in [0, 0.05) is 22.5 Å². The highest BCUT2D eigenvalue weighted by molar-refractivity contribution is 6.31. The molecule has 4 heteroatoms. The van der Waals surface area contributed by atoms with E-state index >= 15 is 0 Å². The molecule has 0 amide bonds. The van der Waals surface area contributed by atoms with E-state index in [4.69, 9.17) is 11.6 Å². The van der Waals surface area contributed by atoms with Crippen LogP contribution in [0, 0.1) is 0 Å². The Kier molecular flexibility index (Phi) is 3.59. The molecule has 0 saturated carbocycles. The molecule has 0 atom stereocenters.